The number of hydrogen-bond donors (Lipinski definition) is 3. The summed E-state index contributed by atoms with van der Waals surface area (Å²) in [5.74, 6) is 0. The molecule has 0 bridgehead atoms. The minimum Gasteiger partial charge on any atom is -0.398 e. The van der Waals surface area contributed by atoms with E-state index in [9.17, 15) is 8.78 Å². The van der Waals surface area contributed by atoms with E-state index in [1.54, 1.807) is 0 Å². The SMILES string of the molecule is NCc1cc(N)c(C(F)F)c(CO)n1. The largest absolute Gasteiger partial charge is 0.398 e. The van der Waals surface area contributed by atoms with Gasteiger partial charge in [-0.3, -0.25) is 4.98 Å². The highest BCUT2D eigenvalue weighted by molar-refractivity contribution is 5.50. The van der Waals surface area contributed by atoms with Crippen LogP contribution in [0.2, 0.25) is 0 Å². The summed E-state index contributed by atoms with van der Waals surface area (Å²) in [6.45, 7) is -0.474. The monoisotopic (exact) mass is 203 g/mol. The van der Waals surface area contributed by atoms with Crippen LogP contribution in [-0.4, -0.2) is 10.1 Å². The predicted octanol–water partition coefficient (Wildman–Crippen LogP) is 0.552. The van der Waals surface area contributed by atoms with Crippen molar-refractivity contribution in [2.24, 2.45) is 5.73 Å². The molecule has 0 amide bonds. The third-order valence-electron chi connectivity index (χ3n) is 1.80. The summed E-state index contributed by atoms with van der Waals surface area (Å²) in [6, 6.07) is 1.29. The van der Waals surface area contributed by atoms with E-state index in [1.807, 2.05) is 0 Å². The minimum atomic E-state index is -2.74. The summed E-state index contributed by atoms with van der Waals surface area (Å²) < 4.78 is 24.9. The molecule has 0 saturated heterocycles. The molecule has 6 heteroatoms. The van der Waals surface area contributed by atoms with Gasteiger partial charge in [-0.1, -0.05) is 0 Å². The summed E-state index contributed by atoms with van der Waals surface area (Å²) in [6.07, 6.45) is -2.74. The fourth-order valence-electron chi connectivity index (χ4n) is 1.17. The van der Waals surface area contributed by atoms with E-state index in [-0.39, 0.29) is 17.9 Å². The number of aliphatic hydroxyl groups is 1. The van der Waals surface area contributed by atoms with Crippen molar-refractivity contribution >= 4 is 5.69 Å². The molecule has 1 aromatic rings. The highest BCUT2D eigenvalue weighted by Gasteiger charge is 2.18. The van der Waals surface area contributed by atoms with Gasteiger partial charge in [0.05, 0.1) is 23.6 Å². The van der Waals surface area contributed by atoms with Gasteiger partial charge >= 0.3 is 0 Å². The standard InChI is InChI=1S/C8H11F2N3O/c9-8(10)7-5(12)1-4(2-11)13-6(7)3-14/h1,8,14H,2-3,11H2,(H2,12,13). The van der Waals surface area contributed by atoms with Crippen LogP contribution in [0.5, 0.6) is 0 Å². The number of aromatic nitrogens is 1. The van der Waals surface area contributed by atoms with Crippen molar-refractivity contribution in [1.29, 1.82) is 0 Å². The summed E-state index contributed by atoms with van der Waals surface area (Å²) in [5.41, 5.74) is 10.4. The highest BCUT2D eigenvalue weighted by atomic mass is 19.3. The molecule has 1 aromatic heterocycles. The van der Waals surface area contributed by atoms with Gasteiger partial charge in [-0.05, 0) is 6.07 Å². The Morgan fingerprint density at radius 2 is 2.14 bits per heavy atom. The summed E-state index contributed by atoms with van der Waals surface area (Å²) in [5, 5.41) is 8.82. The van der Waals surface area contributed by atoms with E-state index in [0.717, 1.165) is 0 Å². The number of hydrogen-bond acceptors (Lipinski definition) is 4. The maximum Gasteiger partial charge on any atom is 0.267 e. The number of nitrogen functional groups attached to an aromatic ring is 1. The Morgan fingerprint density at radius 3 is 2.57 bits per heavy atom. The van der Waals surface area contributed by atoms with Crippen molar-refractivity contribution in [3.63, 3.8) is 0 Å². The molecule has 0 aliphatic rings. The molecule has 0 unspecified atom stereocenters. The lowest BCUT2D eigenvalue weighted by atomic mass is 10.1. The van der Waals surface area contributed by atoms with Crippen LogP contribution in [0.25, 0.3) is 0 Å². The first-order chi connectivity index (χ1) is 6.60. The van der Waals surface area contributed by atoms with Crippen LogP contribution >= 0.6 is 0 Å². The molecule has 1 rings (SSSR count). The molecule has 4 nitrogen and oxygen atoms in total. The number of anilines is 1. The van der Waals surface area contributed by atoms with Crippen molar-refractivity contribution in [3.05, 3.63) is 23.0 Å². The molecule has 78 valence electrons. The molecular formula is C8H11F2N3O. The first-order valence-electron chi connectivity index (χ1n) is 3.97. The minimum absolute atomic E-state index is 0.0838. The van der Waals surface area contributed by atoms with Gasteiger partial charge in [-0.15, -0.1) is 0 Å². The zero-order chi connectivity index (χ0) is 10.7. The Kier molecular flexibility index (Phi) is 3.32. The number of pyridine rings is 1. The number of nitrogens with two attached hydrogens (primary N) is 2. The first-order valence-corrected chi connectivity index (χ1v) is 3.97. The second kappa shape index (κ2) is 4.30. The van der Waals surface area contributed by atoms with Gasteiger partial charge in [0.25, 0.3) is 6.43 Å². The Balaban J connectivity index is 3.27. The highest BCUT2D eigenvalue weighted by Crippen LogP contribution is 2.28. The number of halogens is 2. The average Bonchev–Trinajstić information content (AvgIpc) is 2.15. The smallest absolute Gasteiger partial charge is 0.267 e. The molecule has 5 N–H and O–H groups in total. The van der Waals surface area contributed by atoms with Crippen molar-refractivity contribution in [2.45, 2.75) is 19.6 Å². The van der Waals surface area contributed by atoms with Crippen LogP contribution in [0.1, 0.15) is 23.4 Å². The van der Waals surface area contributed by atoms with Gasteiger partial charge in [0.2, 0.25) is 0 Å². The van der Waals surface area contributed by atoms with Gasteiger partial charge in [0.1, 0.15) is 0 Å². The normalized spacial score (nSPS) is 10.9. The van der Waals surface area contributed by atoms with Crippen LogP contribution in [0.3, 0.4) is 0 Å². The number of rotatable bonds is 3. The third-order valence-corrected chi connectivity index (χ3v) is 1.80. The zero-order valence-corrected chi connectivity index (χ0v) is 7.37. The lowest BCUT2D eigenvalue weighted by molar-refractivity contribution is 0.147. The average molecular weight is 203 g/mol. The van der Waals surface area contributed by atoms with E-state index in [0.29, 0.717) is 5.69 Å². The van der Waals surface area contributed by atoms with E-state index in [4.69, 9.17) is 16.6 Å². The van der Waals surface area contributed by atoms with Crippen LogP contribution in [0.15, 0.2) is 6.07 Å². The second-order valence-corrected chi connectivity index (χ2v) is 2.73. The Morgan fingerprint density at radius 1 is 1.50 bits per heavy atom. The predicted molar refractivity (Wildman–Crippen MR) is 47.4 cm³/mol. The molecular weight excluding hydrogens is 192 g/mol. The summed E-state index contributed by atoms with van der Waals surface area (Å²) in [4.78, 5) is 3.76. The molecule has 0 aliphatic carbocycles. The van der Waals surface area contributed by atoms with Crippen molar-refractivity contribution < 1.29 is 13.9 Å². The van der Waals surface area contributed by atoms with Gasteiger partial charge in [-0.25, -0.2) is 8.78 Å². The van der Waals surface area contributed by atoms with E-state index >= 15 is 0 Å². The number of alkyl halides is 2. The molecule has 0 fully saturated rings. The lowest BCUT2D eigenvalue weighted by Crippen LogP contribution is -2.09. The van der Waals surface area contributed by atoms with Crippen molar-refractivity contribution in [2.75, 3.05) is 5.73 Å². The van der Waals surface area contributed by atoms with Crippen LogP contribution in [-0.2, 0) is 13.2 Å². The fraction of sp³-hybridized carbons (Fsp3) is 0.375. The molecule has 14 heavy (non-hydrogen) atoms. The molecule has 0 aliphatic heterocycles. The lowest BCUT2D eigenvalue weighted by Gasteiger charge is -2.10. The number of nitrogens with zero attached hydrogens (tertiary/aromatic N) is 1. The van der Waals surface area contributed by atoms with Crippen LogP contribution < -0.4 is 11.5 Å². The summed E-state index contributed by atoms with van der Waals surface area (Å²) in [7, 11) is 0. The molecule has 0 saturated carbocycles. The Labute approximate surface area is 79.6 Å². The Hall–Kier alpha value is -1.27. The van der Waals surface area contributed by atoms with Crippen LogP contribution in [0, 0.1) is 0 Å². The summed E-state index contributed by atoms with van der Waals surface area (Å²) >= 11 is 0. The van der Waals surface area contributed by atoms with Gasteiger partial charge in [0, 0.05) is 12.2 Å². The van der Waals surface area contributed by atoms with E-state index < -0.39 is 18.6 Å². The van der Waals surface area contributed by atoms with Gasteiger partial charge < -0.3 is 16.6 Å². The third kappa shape index (κ3) is 1.97. The van der Waals surface area contributed by atoms with Gasteiger partial charge in [-0.2, -0.15) is 0 Å². The quantitative estimate of drug-likeness (QED) is 0.669. The number of aliphatic hydroxyl groups excluding tert-OH is 1. The van der Waals surface area contributed by atoms with Crippen molar-refractivity contribution in [3.8, 4) is 0 Å². The van der Waals surface area contributed by atoms with Gasteiger partial charge in [0.15, 0.2) is 0 Å². The Bertz CT molecular complexity index is 331. The molecule has 0 spiro atoms. The zero-order valence-electron chi connectivity index (χ0n) is 7.37. The second-order valence-electron chi connectivity index (χ2n) is 2.73. The molecule has 0 atom stereocenters. The topological polar surface area (TPSA) is 85.2 Å². The maximum absolute atomic E-state index is 12.4. The maximum atomic E-state index is 12.4. The molecule has 1 heterocycles. The fourth-order valence-corrected chi connectivity index (χ4v) is 1.17. The van der Waals surface area contributed by atoms with E-state index in [2.05, 4.69) is 4.98 Å². The van der Waals surface area contributed by atoms with Crippen LogP contribution in [0.4, 0.5) is 14.5 Å². The van der Waals surface area contributed by atoms with Crippen molar-refractivity contribution in [1.82, 2.24) is 4.98 Å². The van der Waals surface area contributed by atoms with E-state index in [1.165, 1.54) is 6.07 Å². The molecule has 0 radical (unpaired) electrons. The molecule has 0 aromatic carbocycles. The first kappa shape index (κ1) is 10.8.